The van der Waals surface area contributed by atoms with Gasteiger partial charge in [-0.15, -0.1) is 0 Å². The van der Waals surface area contributed by atoms with Gasteiger partial charge in [0.25, 0.3) is 0 Å². The summed E-state index contributed by atoms with van der Waals surface area (Å²) >= 11 is 11.7. The second-order valence-electron chi connectivity index (χ2n) is 2.31. The topological polar surface area (TPSA) is 0 Å². The smallest absolute Gasteiger partial charge is 0.0325 e. The minimum absolute atomic E-state index is 0.839. The molecule has 0 aromatic heterocycles. The van der Waals surface area contributed by atoms with Gasteiger partial charge in [0.2, 0.25) is 0 Å². The van der Waals surface area contributed by atoms with Crippen LogP contribution in [0.4, 0.5) is 0 Å². The molecule has 0 bridgehead atoms. The van der Waals surface area contributed by atoms with Crippen LogP contribution in [0.25, 0.3) is 0 Å². The SMILES string of the molecule is CCCC(Cl)=C(Cl)CCC. The summed E-state index contributed by atoms with van der Waals surface area (Å²) in [5.41, 5.74) is 0. The first-order chi connectivity index (χ1) is 4.72. The van der Waals surface area contributed by atoms with Crippen molar-refractivity contribution in [2.75, 3.05) is 0 Å². The lowest BCUT2D eigenvalue weighted by molar-refractivity contribution is 0.899. The Labute approximate surface area is 73.2 Å². The summed E-state index contributed by atoms with van der Waals surface area (Å²) in [5, 5.41) is 1.68. The third kappa shape index (κ3) is 4.19. The molecular formula is C8H14Cl2. The van der Waals surface area contributed by atoms with Gasteiger partial charge >= 0.3 is 0 Å². The highest BCUT2D eigenvalue weighted by molar-refractivity contribution is 6.39. The number of hydrogen-bond donors (Lipinski definition) is 0. The maximum Gasteiger partial charge on any atom is 0.0325 e. The lowest BCUT2D eigenvalue weighted by atomic mass is 10.2. The highest BCUT2D eigenvalue weighted by Gasteiger charge is 1.98. The van der Waals surface area contributed by atoms with E-state index >= 15 is 0 Å². The van der Waals surface area contributed by atoms with Crippen LogP contribution in [0.1, 0.15) is 39.5 Å². The van der Waals surface area contributed by atoms with Crippen LogP contribution in [0.3, 0.4) is 0 Å². The van der Waals surface area contributed by atoms with Crippen LogP contribution >= 0.6 is 23.2 Å². The molecule has 0 radical (unpaired) electrons. The second-order valence-corrected chi connectivity index (χ2v) is 3.22. The Kier molecular flexibility index (Phi) is 6.25. The van der Waals surface area contributed by atoms with Gasteiger partial charge in [-0.3, -0.25) is 0 Å². The maximum atomic E-state index is 5.86. The Morgan fingerprint density at radius 3 is 1.40 bits per heavy atom. The van der Waals surface area contributed by atoms with Crippen molar-refractivity contribution in [3.8, 4) is 0 Å². The highest BCUT2D eigenvalue weighted by atomic mass is 35.5. The summed E-state index contributed by atoms with van der Waals surface area (Å²) in [6.45, 7) is 4.19. The Balaban J connectivity index is 3.79. The number of hydrogen-bond acceptors (Lipinski definition) is 0. The summed E-state index contributed by atoms with van der Waals surface area (Å²) in [6, 6.07) is 0. The molecule has 0 aromatic carbocycles. The minimum atomic E-state index is 0.839. The molecule has 0 aromatic rings. The van der Waals surface area contributed by atoms with Crippen molar-refractivity contribution in [1.82, 2.24) is 0 Å². The van der Waals surface area contributed by atoms with E-state index in [0.717, 1.165) is 35.7 Å². The summed E-state index contributed by atoms with van der Waals surface area (Å²) in [6.07, 6.45) is 3.97. The lowest BCUT2D eigenvalue weighted by Crippen LogP contribution is -1.78. The normalized spacial score (nSPS) is 13.2. The molecule has 0 amide bonds. The molecule has 0 rings (SSSR count). The molecule has 0 spiro atoms. The first kappa shape index (κ1) is 10.3. The zero-order chi connectivity index (χ0) is 7.98. The van der Waals surface area contributed by atoms with Crippen LogP contribution in [0.5, 0.6) is 0 Å². The molecule has 0 unspecified atom stereocenters. The predicted molar refractivity (Wildman–Crippen MR) is 48.5 cm³/mol. The fourth-order valence-electron chi connectivity index (χ4n) is 0.710. The molecule has 0 aliphatic heterocycles. The van der Waals surface area contributed by atoms with Crippen LogP contribution in [0.2, 0.25) is 0 Å². The Morgan fingerprint density at radius 1 is 0.900 bits per heavy atom. The van der Waals surface area contributed by atoms with Gasteiger partial charge in [0.15, 0.2) is 0 Å². The maximum absolute atomic E-state index is 5.86. The average Bonchev–Trinajstić information content (AvgIpc) is 1.89. The van der Waals surface area contributed by atoms with E-state index in [1.807, 2.05) is 0 Å². The lowest BCUT2D eigenvalue weighted by Gasteiger charge is -1.99. The molecule has 0 nitrogen and oxygen atoms in total. The Hall–Kier alpha value is 0.320. The summed E-state index contributed by atoms with van der Waals surface area (Å²) in [5.74, 6) is 0. The summed E-state index contributed by atoms with van der Waals surface area (Å²) in [4.78, 5) is 0. The molecule has 10 heavy (non-hydrogen) atoms. The summed E-state index contributed by atoms with van der Waals surface area (Å²) in [7, 11) is 0. The van der Waals surface area contributed by atoms with E-state index in [9.17, 15) is 0 Å². The number of rotatable bonds is 4. The van der Waals surface area contributed by atoms with Crippen molar-refractivity contribution >= 4 is 23.2 Å². The fraction of sp³-hybridized carbons (Fsp3) is 0.750. The molecule has 0 N–H and O–H groups in total. The highest BCUT2D eigenvalue weighted by Crippen LogP contribution is 2.22. The first-order valence-electron chi connectivity index (χ1n) is 3.75. The monoisotopic (exact) mass is 180 g/mol. The molecule has 60 valence electrons. The van der Waals surface area contributed by atoms with Gasteiger partial charge in [-0.05, 0) is 12.8 Å². The molecule has 0 saturated carbocycles. The van der Waals surface area contributed by atoms with Gasteiger partial charge < -0.3 is 0 Å². The first-order valence-corrected chi connectivity index (χ1v) is 4.51. The molecule has 0 fully saturated rings. The van der Waals surface area contributed by atoms with E-state index in [-0.39, 0.29) is 0 Å². The largest absolute Gasteiger partial charge is 0.0879 e. The Bertz CT molecular complexity index is 102. The van der Waals surface area contributed by atoms with Crippen molar-refractivity contribution < 1.29 is 0 Å². The standard InChI is InChI=1S/C8H14Cl2/c1-3-5-7(9)8(10)6-4-2/h3-6H2,1-2H3. The fourth-order valence-corrected chi connectivity index (χ4v) is 1.28. The van der Waals surface area contributed by atoms with Gasteiger partial charge in [-0.2, -0.15) is 0 Å². The van der Waals surface area contributed by atoms with Crippen molar-refractivity contribution in [3.63, 3.8) is 0 Å². The second kappa shape index (κ2) is 6.06. The quantitative estimate of drug-likeness (QED) is 0.607. The van der Waals surface area contributed by atoms with Crippen LogP contribution in [0.15, 0.2) is 10.1 Å². The molecule has 0 aliphatic rings. The molecule has 0 saturated heterocycles. The van der Waals surface area contributed by atoms with Crippen LogP contribution in [-0.4, -0.2) is 0 Å². The predicted octanol–water partition coefficient (Wildman–Crippen LogP) is 4.28. The van der Waals surface area contributed by atoms with E-state index in [0.29, 0.717) is 0 Å². The van der Waals surface area contributed by atoms with Crippen LogP contribution < -0.4 is 0 Å². The molecule has 0 heterocycles. The number of allylic oxidation sites excluding steroid dienone is 2. The van der Waals surface area contributed by atoms with Gasteiger partial charge in [-0.25, -0.2) is 0 Å². The van der Waals surface area contributed by atoms with Crippen LogP contribution in [0, 0.1) is 0 Å². The molecule has 0 atom stereocenters. The van der Waals surface area contributed by atoms with E-state index in [2.05, 4.69) is 13.8 Å². The zero-order valence-electron chi connectivity index (χ0n) is 6.58. The van der Waals surface area contributed by atoms with Crippen molar-refractivity contribution in [3.05, 3.63) is 10.1 Å². The average molecular weight is 181 g/mol. The van der Waals surface area contributed by atoms with E-state index in [1.54, 1.807) is 0 Å². The number of halogens is 2. The van der Waals surface area contributed by atoms with Crippen molar-refractivity contribution in [1.29, 1.82) is 0 Å². The van der Waals surface area contributed by atoms with Gasteiger partial charge in [0.05, 0.1) is 0 Å². The van der Waals surface area contributed by atoms with Gasteiger partial charge in [0, 0.05) is 10.1 Å². The summed E-state index contributed by atoms with van der Waals surface area (Å²) < 4.78 is 0. The molecular weight excluding hydrogens is 167 g/mol. The Morgan fingerprint density at radius 2 is 1.20 bits per heavy atom. The molecule has 0 aliphatic carbocycles. The third-order valence-corrected chi connectivity index (χ3v) is 2.16. The van der Waals surface area contributed by atoms with E-state index in [1.165, 1.54) is 0 Å². The van der Waals surface area contributed by atoms with Crippen molar-refractivity contribution in [2.45, 2.75) is 39.5 Å². The van der Waals surface area contributed by atoms with Crippen molar-refractivity contribution in [2.24, 2.45) is 0 Å². The van der Waals surface area contributed by atoms with Crippen LogP contribution in [-0.2, 0) is 0 Å². The third-order valence-electron chi connectivity index (χ3n) is 1.23. The van der Waals surface area contributed by atoms with E-state index < -0.39 is 0 Å². The molecule has 2 heteroatoms. The van der Waals surface area contributed by atoms with Gasteiger partial charge in [-0.1, -0.05) is 49.9 Å². The zero-order valence-corrected chi connectivity index (χ0v) is 8.10. The van der Waals surface area contributed by atoms with E-state index in [4.69, 9.17) is 23.2 Å². The minimum Gasteiger partial charge on any atom is -0.0879 e. The van der Waals surface area contributed by atoms with Gasteiger partial charge in [0.1, 0.15) is 0 Å².